The number of rotatable bonds is 4. The minimum absolute atomic E-state index is 0.0847. The second-order valence-electron chi connectivity index (χ2n) is 6.70. The fraction of sp³-hybridized carbons (Fsp3) is 0.136. The standard InChI is InChI=1S/C22H18ClN3O/c1-14-7-3-4-8-16(14)21(27)17-12-11-15(13-18(17)23)24-22(2)25-19-9-5-6-10-20(19)26-22/h3-13,24H,1-2H3. The predicted octanol–water partition coefficient (Wildman–Crippen LogP) is 3.92. The molecule has 0 aromatic heterocycles. The van der Waals surface area contributed by atoms with Crippen LogP contribution in [0.5, 0.6) is 0 Å². The molecule has 134 valence electrons. The van der Waals surface area contributed by atoms with Crippen LogP contribution in [0, 0.1) is 6.92 Å². The number of nitrogens with one attached hydrogen (secondary N) is 1. The third-order valence-electron chi connectivity index (χ3n) is 4.54. The number of anilines is 1. The highest BCUT2D eigenvalue weighted by atomic mass is 35.5. The van der Waals surface area contributed by atoms with Crippen LogP contribution in [-0.2, 0) is 0 Å². The first kappa shape index (κ1) is 17.4. The third-order valence-corrected chi connectivity index (χ3v) is 4.86. The number of halogens is 1. The molecule has 3 aromatic rings. The Morgan fingerprint density at radius 2 is 1.56 bits per heavy atom. The molecule has 1 N–H and O–H groups in total. The van der Waals surface area contributed by atoms with E-state index in [0.29, 0.717) is 16.1 Å². The van der Waals surface area contributed by atoms with Gasteiger partial charge in [0.25, 0.3) is 0 Å². The lowest BCUT2D eigenvalue weighted by Crippen LogP contribution is -2.29. The summed E-state index contributed by atoms with van der Waals surface area (Å²) in [5.74, 6) is -0.882. The first-order valence-electron chi connectivity index (χ1n) is 8.68. The SMILES string of the molecule is Cc1ccccc1C(=O)c1ccc(NC2(C)N=c3ccccc3=N2)cc1Cl. The van der Waals surface area contributed by atoms with Gasteiger partial charge in [-0.15, -0.1) is 0 Å². The van der Waals surface area contributed by atoms with Gasteiger partial charge in [0.1, 0.15) is 0 Å². The molecule has 0 bridgehead atoms. The smallest absolute Gasteiger partial charge is 0.223 e. The fourth-order valence-corrected chi connectivity index (χ4v) is 3.49. The molecule has 0 fully saturated rings. The normalized spacial score (nSPS) is 14.0. The third kappa shape index (κ3) is 3.36. The van der Waals surface area contributed by atoms with Crippen molar-refractivity contribution in [3.63, 3.8) is 0 Å². The van der Waals surface area contributed by atoms with Crippen molar-refractivity contribution in [1.29, 1.82) is 0 Å². The number of nitrogens with zero attached hydrogens (tertiary/aromatic N) is 2. The zero-order chi connectivity index (χ0) is 19.0. The Labute approximate surface area is 162 Å². The lowest BCUT2D eigenvalue weighted by Gasteiger charge is -2.21. The quantitative estimate of drug-likeness (QED) is 0.703. The number of hydrogen-bond acceptors (Lipinski definition) is 4. The fourth-order valence-electron chi connectivity index (χ4n) is 3.23. The van der Waals surface area contributed by atoms with Gasteiger partial charge in [0.15, 0.2) is 5.78 Å². The summed E-state index contributed by atoms with van der Waals surface area (Å²) in [4.78, 5) is 22.1. The number of para-hydroxylation sites is 2. The lowest BCUT2D eigenvalue weighted by atomic mass is 9.99. The van der Waals surface area contributed by atoms with Crippen LogP contribution in [0.2, 0.25) is 5.02 Å². The van der Waals surface area contributed by atoms with Crippen LogP contribution >= 0.6 is 11.6 Å². The number of carbonyl (C=O) groups is 1. The number of fused-ring (bicyclic) bond motifs is 1. The van der Waals surface area contributed by atoms with Crippen LogP contribution in [0.1, 0.15) is 28.4 Å². The summed E-state index contributed by atoms with van der Waals surface area (Å²) in [6, 6.07) is 20.5. The summed E-state index contributed by atoms with van der Waals surface area (Å²) in [5, 5.41) is 5.39. The summed E-state index contributed by atoms with van der Waals surface area (Å²) in [6.07, 6.45) is 0. The Morgan fingerprint density at radius 3 is 2.19 bits per heavy atom. The molecule has 0 unspecified atom stereocenters. The minimum Gasteiger partial charge on any atom is -0.343 e. The largest absolute Gasteiger partial charge is 0.343 e. The van der Waals surface area contributed by atoms with E-state index in [-0.39, 0.29) is 5.78 Å². The molecular formula is C22H18ClN3O. The van der Waals surface area contributed by atoms with Gasteiger partial charge >= 0.3 is 0 Å². The Balaban J connectivity index is 1.62. The maximum absolute atomic E-state index is 12.8. The number of carbonyl (C=O) groups excluding carboxylic acids is 1. The minimum atomic E-state index is -0.797. The number of aryl methyl sites for hydroxylation is 1. The van der Waals surface area contributed by atoms with E-state index in [1.807, 2.05) is 68.4 Å². The highest BCUT2D eigenvalue weighted by Gasteiger charge is 2.25. The summed E-state index contributed by atoms with van der Waals surface area (Å²) < 4.78 is 0. The van der Waals surface area contributed by atoms with E-state index >= 15 is 0 Å². The van der Waals surface area contributed by atoms with E-state index in [1.165, 1.54) is 0 Å². The molecule has 1 aliphatic heterocycles. The van der Waals surface area contributed by atoms with Crippen LogP contribution in [0.25, 0.3) is 0 Å². The second-order valence-corrected chi connectivity index (χ2v) is 7.10. The molecule has 0 radical (unpaired) electrons. The van der Waals surface area contributed by atoms with Crippen LogP contribution in [-0.4, -0.2) is 11.6 Å². The first-order chi connectivity index (χ1) is 13.0. The predicted molar refractivity (Wildman–Crippen MR) is 107 cm³/mol. The first-order valence-corrected chi connectivity index (χ1v) is 9.06. The maximum atomic E-state index is 12.8. The van der Waals surface area contributed by atoms with E-state index in [4.69, 9.17) is 11.6 Å². The molecule has 0 aliphatic carbocycles. The topological polar surface area (TPSA) is 53.8 Å². The van der Waals surface area contributed by atoms with Crippen molar-refractivity contribution < 1.29 is 4.79 Å². The Kier molecular flexibility index (Phi) is 4.28. The highest BCUT2D eigenvalue weighted by Crippen LogP contribution is 2.27. The van der Waals surface area contributed by atoms with E-state index in [1.54, 1.807) is 12.1 Å². The molecule has 1 aliphatic rings. The molecule has 4 rings (SSSR count). The molecule has 4 nitrogen and oxygen atoms in total. The van der Waals surface area contributed by atoms with Crippen LogP contribution in [0.15, 0.2) is 76.7 Å². The molecule has 3 aromatic carbocycles. The van der Waals surface area contributed by atoms with Gasteiger partial charge in [0.2, 0.25) is 5.79 Å². The zero-order valence-electron chi connectivity index (χ0n) is 15.0. The maximum Gasteiger partial charge on any atom is 0.223 e. The van der Waals surface area contributed by atoms with E-state index in [9.17, 15) is 4.79 Å². The molecule has 5 heteroatoms. The van der Waals surface area contributed by atoms with Gasteiger partial charge in [0, 0.05) is 23.7 Å². The Bertz CT molecular complexity index is 1140. The van der Waals surface area contributed by atoms with Crippen LogP contribution in [0.4, 0.5) is 5.69 Å². The average Bonchev–Trinajstić information content (AvgIpc) is 2.97. The average molecular weight is 376 g/mol. The molecule has 0 amide bonds. The van der Waals surface area contributed by atoms with Crippen LogP contribution < -0.4 is 16.0 Å². The van der Waals surface area contributed by atoms with E-state index in [0.717, 1.165) is 22.0 Å². The number of benzene rings is 3. The van der Waals surface area contributed by atoms with E-state index < -0.39 is 5.79 Å². The number of hydrogen-bond donors (Lipinski definition) is 1. The molecule has 0 saturated heterocycles. The molecular weight excluding hydrogens is 358 g/mol. The Hall–Kier alpha value is -2.98. The Morgan fingerprint density at radius 1 is 0.926 bits per heavy atom. The van der Waals surface area contributed by atoms with E-state index in [2.05, 4.69) is 15.3 Å². The molecule has 0 saturated carbocycles. The van der Waals surface area contributed by atoms with Crippen molar-refractivity contribution in [1.82, 2.24) is 0 Å². The van der Waals surface area contributed by atoms with Gasteiger partial charge in [-0.1, -0.05) is 48.0 Å². The molecule has 0 spiro atoms. The zero-order valence-corrected chi connectivity index (χ0v) is 15.8. The summed E-state index contributed by atoms with van der Waals surface area (Å²) in [5.41, 5.74) is 2.81. The van der Waals surface area contributed by atoms with Crippen molar-refractivity contribution in [3.8, 4) is 0 Å². The van der Waals surface area contributed by atoms with Gasteiger partial charge in [-0.25, -0.2) is 9.98 Å². The van der Waals surface area contributed by atoms with Crippen molar-refractivity contribution in [2.24, 2.45) is 9.98 Å². The molecule has 1 heterocycles. The van der Waals surface area contributed by atoms with Gasteiger partial charge in [-0.2, -0.15) is 0 Å². The lowest BCUT2D eigenvalue weighted by molar-refractivity contribution is 0.103. The van der Waals surface area contributed by atoms with Gasteiger partial charge < -0.3 is 5.32 Å². The van der Waals surface area contributed by atoms with Crippen molar-refractivity contribution in [2.75, 3.05) is 5.32 Å². The van der Waals surface area contributed by atoms with Gasteiger partial charge in [-0.05, 0) is 42.8 Å². The van der Waals surface area contributed by atoms with Gasteiger partial charge in [-0.3, -0.25) is 4.79 Å². The van der Waals surface area contributed by atoms with Crippen molar-refractivity contribution in [2.45, 2.75) is 19.6 Å². The second kappa shape index (κ2) is 6.63. The van der Waals surface area contributed by atoms with Crippen molar-refractivity contribution >= 4 is 23.1 Å². The summed E-state index contributed by atoms with van der Waals surface area (Å²) in [6.45, 7) is 3.81. The van der Waals surface area contributed by atoms with Crippen molar-refractivity contribution in [3.05, 3.63) is 99.2 Å². The van der Waals surface area contributed by atoms with Gasteiger partial charge in [0.05, 0.1) is 15.7 Å². The monoisotopic (exact) mass is 375 g/mol. The van der Waals surface area contributed by atoms with Crippen LogP contribution in [0.3, 0.4) is 0 Å². The molecule has 0 atom stereocenters. The summed E-state index contributed by atoms with van der Waals surface area (Å²) >= 11 is 6.42. The molecule has 27 heavy (non-hydrogen) atoms. The highest BCUT2D eigenvalue weighted by molar-refractivity contribution is 6.35. The summed E-state index contributed by atoms with van der Waals surface area (Å²) in [7, 11) is 0. The number of ketones is 1.